The molecule has 0 radical (unpaired) electrons. The van der Waals surface area contributed by atoms with Crippen LogP contribution in [0.25, 0.3) is 15.5 Å². The van der Waals surface area contributed by atoms with E-state index in [1.54, 1.807) is 17.5 Å². The number of hydrogen-bond donors (Lipinski definition) is 0. The van der Waals surface area contributed by atoms with E-state index in [9.17, 15) is 0 Å². The Hall–Kier alpha value is -1.20. The van der Waals surface area contributed by atoms with Crippen molar-refractivity contribution in [2.24, 2.45) is 0 Å². The summed E-state index contributed by atoms with van der Waals surface area (Å²) < 4.78 is 4.24. The van der Waals surface area contributed by atoms with Gasteiger partial charge in [-0.2, -0.15) is 4.98 Å². The van der Waals surface area contributed by atoms with Crippen molar-refractivity contribution >= 4 is 37.6 Å². The van der Waals surface area contributed by atoms with Gasteiger partial charge in [-0.1, -0.05) is 11.3 Å². The van der Waals surface area contributed by atoms with Crippen LogP contribution in [0.5, 0.6) is 0 Å². The maximum absolute atomic E-state index is 4.57. The molecule has 0 aromatic carbocycles. The van der Waals surface area contributed by atoms with E-state index in [-0.39, 0.29) is 0 Å². The minimum Gasteiger partial charge on any atom is -0.295 e. The van der Waals surface area contributed by atoms with Crippen LogP contribution >= 0.6 is 27.3 Å². The summed E-state index contributed by atoms with van der Waals surface area (Å²) in [4.78, 5) is 8.88. The second-order valence-electron chi connectivity index (χ2n) is 3.92. The van der Waals surface area contributed by atoms with E-state index in [4.69, 9.17) is 0 Å². The van der Waals surface area contributed by atoms with Crippen molar-refractivity contribution in [2.45, 2.75) is 13.8 Å². The number of rotatable bonds is 1. The first kappa shape index (κ1) is 10.9. The predicted octanol–water partition coefficient (Wildman–Crippen LogP) is 3.86. The summed E-state index contributed by atoms with van der Waals surface area (Å²) in [5, 5.41) is 0.977. The van der Waals surface area contributed by atoms with Gasteiger partial charge in [0.25, 0.3) is 0 Å². The lowest BCUT2D eigenvalue weighted by molar-refractivity contribution is 0.953. The topological polar surface area (TPSA) is 30.7 Å². The Kier molecular flexibility index (Phi) is 2.52. The average molecular weight is 308 g/mol. The van der Waals surface area contributed by atoms with Gasteiger partial charge in [-0.15, -0.1) is 0 Å². The van der Waals surface area contributed by atoms with Gasteiger partial charge in [-0.3, -0.25) is 4.57 Å². The molecule has 0 spiro atoms. The lowest BCUT2D eigenvalue weighted by atomic mass is 10.5. The van der Waals surface area contributed by atoms with Crippen LogP contribution in [0.2, 0.25) is 0 Å². The third-order valence-corrected chi connectivity index (χ3v) is 4.08. The first-order valence-electron chi connectivity index (χ1n) is 5.22. The van der Waals surface area contributed by atoms with Crippen LogP contribution in [-0.4, -0.2) is 14.5 Å². The fourth-order valence-electron chi connectivity index (χ4n) is 1.85. The highest BCUT2D eigenvalue weighted by Crippen LogP contribution is 2.27. The molecule has 0 N–H and O–H groups in total. The van der Waals surface area contributed by atoms with E-state index < -0.39 is 0 Å². The number of hydrogen-bond acceptors (Lipinski definition) is 3. The van der Waals surface area contributed by atoms with Crippen molar-refractivity contribution in [3.05, 3.63) is 40.3 Å². The summed E-state index contributed by atoms with van der Waals surface area (Å²) in [6.07, 6.45) is 1.78. The minimum atomic E-state index is 0.806. The number of nitrogens with zero attached hydrogens (tertiary/aromatic N) is 3. The normalized spacial score (nSPS) is 11.2. The standard InChI is InChI=1S/C12H10BrN3S/c1-7-3-4-8(2)16(7)12-15-11-10(17-12)5-9(13)6-14-11/h3-6H,1-2H3. The first-order chi connectivity index (χ1) is 8.15. The molecular weight excluding hydrogens is 298 g/mol. The molecule has 0 atom stereocenters. The summed E-state index contributed by atoms with van der Waals surface area (Å²) in [5.41, 5.74) is 3.20. The average Bonchev–Trinajstić information content (AvgIpc) is 2.81. The van der Waals surface area contributed by atoms with Gasteiger partial charge in [0, 0.05) is 22.1 Å². The Morgan fingerprint density at radius 1 is 1.24 bits per heavy atom. The minimum absolute atomic E-state index is 0.806. The van der Waals surface area contributed by atoms with E-state index in [1.165, 1.54) is 11.4 Å². The molecule has 0 saturated carbocycles. The van der Waals surface area contributed by atoms with Crippen LogP contribution < -0.4 is 0 Å². The molecule has 5 heteroatoms. The molecule has 3 nitrogen and oxygen atoms in total. The van der Waals surface area contributed by atoms with E-state index >= 15 is 0 Å². The van der Waals surface area contributed by atoms with E-state index in [0.29, 0.717) is 0 Å². The number of halogens is 1. The van der Waals surface area contributed by atoms with Gasteiger partial charge in [0.1, 0.15) is 0 Å². The zero-order valence-corrected chi connectivity index (χ0v) is 11.8. The Morgan fingerprint density at radius 3 is 2.65 bits per heavy atom. The third-order valence-electron chi connectivity index (χ3n) is 2.66. The molecular formula is C12H10BrN3S. The van der Waals surface area contributed by atoms with Gasteiger partial charge in [0.05, 0.1) is 4.70 Å². The van der Waals surface area contributed by atoms with Crippen molar-refractivity contribution in [2.75, 3.05) is 0 Å². The van der Waals surface area contributed by atoms with Crippen LogP contribution in [0.3, 0.4) is 0 Å². The van der Waals surface area contributed by atoms with Gasteiger partial charge in [0.15, 0.2) is 10.8 Å². The monoisotopic (exact) mass is 307 g/mol. The maximum atomic E-state index is 4.57. The second-order valence-corrected chi connectivity index (χ2v) is 5.85. The molecule has 17 heavy (non-hydrogen) atoms. The third kappa shape index (κ3) is 1.79. The zero-order chi connectivity index (χ0) is 12.0. The molecule has 3 rings (SSSR count). The zero-order valence-electron chi connectivity index (χ0n) is 9.44. The molecule has 0 amide bonds. The summed E-state index contributed by atoms with van der Waals surface area (Å²) in [7, 11) is 0. The number of thiazole rings is 1. The molecule has 0 aliphatic heterocycles. The molecule has 0 fully saturated rings. The van der Waals surface area contributed by atoms with Crippen molar-refractivity contribution < 1.29 is 0 Å². The van der Waals surface area contributed by atoms with Gasteiger partial charge in [-0.05, 0) is 48.0 Å². The Balaban J connectivity index is 2.25. The summed E-state index contributed by atoms with van der Waals surface area (Å²) >= 11 is 5.09. The summed E-state index contributed by atoms with van der Waals surface area (Å²) in [6, 6.07) is 6.26. The van der Waals surface area contributed by atoms with Crippen LogP contribution in [0.1, 0.15) is 11.4 Å². The highest BCUT2D eigenvalue weighted by Gasteiger charge is 2.10. The molecule has 0 bridgehead atoms. The molecule has 3 heterocycles. The SMILES string of the molecule is Cc1ccc(C)n1-c1nc2ncc(Br)cc2s1. The van der Waals surface area contributed by atoms with E-state index in [1.807, 2.05) is 0 Å². The van der Waals surface area contributed by atoms with E-state index in [2.05, 4.69) is 62.5 Å². The Bertz CT molecular complexity index is 679. The predicted molar refractivity (Wildman–Crippen MR) is 73.9 cm³/mol. The Morgan fingerprint density at radius 2 is 1.94 bits per heavy atom. The fraction of sp³-hybridized carbons (Fsp3) is 0.167. The van der Waals surface area contributed by atoms with Gasteiger partial charge in [0.2, 0.25) is 0 Å². The van der Waals surface area contributed by atoms with Crippen LogP contribution in [-0.2, 0) is 0 Å². The molecule has 3 aromatic heterocycles. The Labute approximate surface area is 111 Å². The maximum Gasteiger partial charge on any atom is 0.196 e. The number of aromatic nitrogens is 3. The number of aryl methyl sites for hydroxylation is 2. The summed E-state index contributed by atoms with van der Waals surface area (Å²) in [6.45, 7) is 4.17. The highest BCUT2D eigenvalue weighted by atomic mass is 79.9. The molecule has 0 aliphatic carbocycles. The van der Waals surface area contributed by atoms with Crippen LogP contribution in [0.4, 0.5) is 0 Å². The van der Waals surface area contributed by atoms with Crippen LogP contribution in [0.15, 0.2) is 28.9 Å². The quantitative estimate of drug-likeness (QED) is 0.683. The van der Waals surface area contributed by atoms with Crippen LogP contribution in [0, 0.1) is 13.8 Å². The molecule has 0 unspecified atom stereocenters. The second kappa shape index (κ2) is 3.92. The van der Waals surface area contributed by atoms with Gasteiger partial charge in [-0.25, -0.2) is 4.98 Å². The van der Waals surface area contributed by atoms with Crippen molar-refractivity contribution in [3.63, 3.8) is 0 Å². The number of pyridine rings is 1. The molecule has 86 valence electrons. The largest absolute Gasteiger partial charge is 0.295 e. The molecule has 0 saturated heterocycles. The summed E-state index contributed by atoms with van der Waals surface area (Å²) in [5.74, 6) is 0. The molecule has 0 aliphatic rings. The van der Waals surface area contributed by atoms with E-state index in [0.717, 1.165) is 20.0 Å². The fourth-order valence-corrected chi connectivity index (χ4v) is 3.42. The van der Waals surface area contributed by atoms with Gasteiger partial charge >= 0.3 is 0 Å². The smallest absolute Gasteiger partial charge is 0.196 e. The highest BCUT2D eigenvalue weighted by molar-refractivity contribution is 9.10. The molecule has 3 aromatic rings. The lowest BCUT2D eigenvalue weighted by Crippen LogP contribution is -1.97. The van der Waals surface area contributed by atoms with Crippen molar-refractivity contribution in [3.8, 4) is 5.13 Å². The van der Waals surface area contributed by atoms with Crippen molar-refractivity contribution in [1.29, 1.82) is 0 Å². The first-order valence-corrected chi connectivity index (χ1v) is 6.83. The van der Waals surface area contributed by atoms with Crippen molar-refractivity contribution in [1.82, 2.24) is 14.5 Å². The number of fused-ring (bicyclic) bond motifs is 1. The van der Waals surface area contributed by atoms with Gasteiger partial charge < -0.3 is 0 Å². The lowest BCUT2D eigenvalue weighted by Gasteiger charge is -2.03.